The smallest absolute Gasteiger partial charge is 0.118 e. The van der Waals surface area contributed by atoms with E-state index in [2.05, 4.69) is 30.9 Å². The van der Waals surface area contributed by atoms with E-state index in [1.54, 1.807) is 7.11 Å². The fourth-order valence-corrected chi connectivity index (χ4v) is 2.51. The highest BCUT2D eigenvalue weighted by Crippen LogP contribution is 2.14. The normalized spacial score (nSPS) is 10.1. The van der Waals surface area contributed by atoms with Gasteiger partial charge in [-0.3, -0.25) is 0 Å². The van der Waals surface area contributed by atoms with Crippen LogP contribution in [0.25, 0.3) is 0 Å². The molecule has 0 atom stereocenters. The third-order valence-electron chi connectivity index (χ3n) is 3.96. The zero-order valence-electron chi connectivity index (χ0n) is 14.5. The second kappa shape index (κ2) is 13.3. The van der Waals surface area contributed by atoms with Gasteiger partial charge in [-0.15, -0.1) is 11.8 Å². The average molecular weight is 300 g/mol. The Kier molecular flexibility index (Phi) is 11.2. The van der Waals surface area contributed by atoms with Crippen LogP contribution in [0.4, 0.5) is 0 Å². The second-order valence-electron chi connectivity index (χ2n) is 5.93. The lowest BCUT2D eigenvalue weighted by atomic mass is 10.1. The summed E-state index contributed by atoms with van der Waals surface area (Å²) >= 11 is 0. The number of benzene rings is 1. The fraction of sp³-hybridized carbons (Fsp3) is 0.619. The van der Waals surface area contributed by atoms with Crippen molar-refractivity contribution >= 4 is 0 Å². The molecule has 1 aromatic carbocycles. The molecule has 1 rings (SSSR count). The number of rotatable bonds is 11. The van der Waals surface area contributed by atoms with Crippen molar-refractivity contribution in [2.24, 2.45) is 0 Å². The Labute approximate surface area is 137 Å². The Morgan fingerprint density at radius 2 is 1.36 bits per heavy atom. The minimum atomic E-state index is 0.942. The minimum absolute atomic E-state index is 0.942. The van der Waals surface area contributed by atoms with Gasteiger partial charge >= 0.3 is 0 Å². The van der Waals surface area contributed by atoms with Crippen LogP contribution in [0.1, 0.15) is 76.7 Å². The van der Waals surface area contributed by atoms with Crippen molar-refractivity contribution in [1.29, 1.82) is 0 Å². The van der Waals surface area contributed by atoms with E-state index < -0.39 is 0 Å². The van der Waals surface area contributed by atoms with Crippen molar-refractivity contribution in [2.45, 2.75) is 77.6 Å². The summed E-state index contributed by atoms with van der Waals surface area (Å²) in [7, 11) is 1.71. The van der Waals surface area contributed by atoms with E-state index in [9.17, 15) is 0 Å². The lowest BCUT2D eigenvalue weighted by Crippen LogP contribution is -1.87. The molecular weight excluding hydrogens is 268 g/mol. The molecule has 0 aliphatic carbocycles. The maximum atomic E-state index is 5.17. The molecule has 1 aromatic rings. The van der Waals surface area contributed by atoms with Crippen LogP contribution in [0.15, 0.2) is 24.3 Å². The first-order chi connectivity index (χ1) is 10.9. The number of aryl methyl sites for hydroxylation is 1. The SMILES string of the molecule is CCCCCCC#CCCCCCCc1ccc(OC)cc1. The highest BCUT2D eigenvalue weighted by atomic mass is 16.5. The molecule has 0 spiro atoms. The largest absolute Gasteiger partial charge is 0.497 e. The van der Waals surface area contributed by atoms with Crippen molar-refractivity contribution in [3.63, 3.8) is 0 Å². The van der Waals surface area contributed by atoms with Crippen molar-refractivity contribution in [1.82, 2.24) is 0 Å². The van der Waals surface area contributed by atoms with Crippen molar-refractivity contribution in [3.05, 3.63) is 29.8 Å². The van der Waals surface area contributed by atoms with Crippen LogP contribution in [-0.4, -0.2) is 7.11 Å². The molecule has 0 bridgehead atoms. The van der Waals surface area contributed by atoms with Gasteiger partial charge < -0.3 is 4.74 Å². The molecule has 0 fully saturated rings. The standard InChI is InChI=1S/C21H32O/c1-3-4-5-6-7-8-9-10-11-12-13-14-15-20-16-18-21(22-2)19-17-20/h16-19H,3-7,10-15H2,1-2H3. The lowest BCUT2D eigenvalue weighted by molar-refractivity contribution is 0.414. The summed E-state index contributed by atoms with van der Waals surface area (Å²) in [6.07, 6.45) is 13.8. The molecule has 1 heteroatoms. The van der Waals surface area contributed by atoms with Gasteiger partial charge in [0.15, 0.2) is 0 Å². The maximum absolute atomic E-state index is 5.17. The number of hydrogen-bond donors (Lipinski definition) is 0. The first-order valence-electron chi connectivity index (χ1n) is 8.95. The molecule has 122 valence electrons. The Bertz CT molecular complexity index is 421. The van der Waals surface area contributed by atoms with E-state index in [-0.39, 0.29) is 0 Å². The van der Waals surface area contributed by atoms with Crippen molar-refractivity contribution in [3.8, 4) is 17.6 Å². The van der Waals surface area contributed by atoms with Crippen molar-refractivity contribution < 1.29 is 4.74 Å². The van der Waals surface area contributed by atoms with Crippen molar-refractivity contribution in [2.75, 3.05) is 7.11 Å². The summed E-state index contributed by atoms with van der Waals surface area (Å²) in [6, 6.07) is 8.43. The van der Waals surface area contributed by atoms with Gasteiger partial charge in [0.2, 0.25) is 0 Å². The average Bonchev–Trinajstić information content (AvgIpc) is 2.56. The number of hydrogen-bond acceptors (Lipinski definition) is 1. The van der Waals surface area contributed by atoms with E-state index >= 15 is 0 Å². The van der Waals surface area contributed by atoms with Crippen LogP contribution < -0.4 is 4.74 Å². The molecule has 0 aliphatic heterocycles. The summed E-state index contributed by atoms with van der Waals surface area (Å²) < 4.78 is 5.17. The first kappa shape index (κ1) is 18.6. The minimum Gasteiger partial charge on any atom is -0.497 e. The Balaban J connectivity index is 1.94. The van der Waals surface area contributed by atoms with Crippen LogP contribution in [0.3, 0.4) is 0 Å². The fourth-order valence-electron chi connectivity index (χ4n) is 2.51. The van der Waals surface area contributed by atoms with Crippen LogP contribution in [0.5, 0.6) is 5.75 Å². The third kappa shape index (κ3) is 9.50. The molecule has 0 N–H and O–H groups in total. The van der Waals surface area contributed by atoms with E-state index in [0.29, 0.717) is 0 Å². The third-order valence-corrected chi connectivity index (χ3v) is 3.96. The van der Waals surface area contributed by atoms with Gasteiger partial charge in [0.05, 0.1) is 7.11 Å². The predicted octanol–water partition coefficient (Wildman–Crippen LogP) is 6.16. The molecule has 0 saturated carbocycles. The van der Waals surface area contributed by atoms with Gasteiger partial charge in [-0.05, 0) is 43.4 Å². The van der Waals surface area contributed by atoms with E-state index in [0.717, 1.165) is 18.6 Å². The molecule has 0 aliphatic rings. The van der Waals surface area contributed by atoms with E-state index in [1.165, 1.54) is 63.4 Å². The van der Waals surface area contributed by atoms with E-state index in [4.69, 9.17) is 4.74 Å². The molecule has 0 amide bonds. The molecule has 0 unspecified atom stereocenters. The molecular formula is C21H32O. The number of methoxy groups -OCH3 is 1. The molecule has 22 heavy (non-hydrogen) atoms. The molecule has 0 heterocycles. The van der Waals surface area contributed by atoms with Crippen LogP contribution in [0.2, 0.25) is 0 Å². The van der Waals surface area contributed by atoms with Gasteiger partial charge in [-0.25, -0.2) is 0 Å². The summed E-state index contributed by atoms with van der Waals surface area (Å²) in [4.78, 5) is 0. The Morgan fingerprint density at radius 1 is 0.773 bits per heavy atom. The van der Waals surface area contributed by atoms with Gasteiger partial charge in [-0.1, -0.05) is 51.2 Å². The predicted molar refractivity (Wildman–Crippen MR) is 96.3 cm³/mol. The summed E-state index contributed by atoms with van der Waals surface area (Å²) in [6.45, 7) is 2.25. The van der Waals surface area contributed by atoms with Gasteiger partial charge in [0, 0.05) is 12.8 Å². The highest BCUT2D eigenvalue weighted by Gasteiger charge is 1.95. The van der Waals surface area contributed by atoms with E-state index in [1.807, 2.05) is 12.1 Å². The quantitative estimate of drug-likeness (QED) is 0.351. The molecule has 0 saturated heterocycles. The molecule has 0 radical (unpaired) electrons. The second-order valence-corrected chi connectivity index (χ2v) is 5.93. The monoisotopic (exact) mass is 300 g/mol. The number of unbranched alkanes of at least 4 members (excludes halogenated alkanes) is 8. The summed E-state index contributed by atoms with van der Waals surface area (Å²) in [5.74, 6) is 7.57. The summed E-state index contributed by atoms with van der Waals surface area (Å²) in [5.41, 5.74) is 1.41. The number of ether oxygens (including phenoxy) is 1. The Morgan fingerprint density at radius 3 is 1.95 bits per heavy atom. The first-order valence-corrected chi connectivity index (χ1v) is 8.95. The zero-order valence-corrected chi connectivity index (χ0v) is 14.5. The zero-order chi connectivity index (χ0) is 15.9. The van der Waals surface area contributed by atoms with Crippen LogP contribution in [-0.2, 0) is 6.42 Å². The molecule has 0 aromatic heterocycles. The summed E-state index contributed by atoms with van der Waals surface area (Å²) in [5, 5.41) is 0. The van der Waals surface area contributed by atoms with Crippen LogP contribution in [0, 0.1) is 11.8 Å². The lowest BCUT2D eigenvalue weighted by Gasteiger charge is -2.03. The van der Waals surface area contributed by atoms with Gasteiger partial charge in [0.25, 0.3) is 0 Å². The maximum Gasteiger partial charge on any atom is 0.118 e. The topological polar surface area (TPSA) is 9.23 Å². The van der Waals surface area contributed by atoms with Gasteiger partial charge in [-0.2, -0.15) is 0 Å². The Hall–Kier alpha value is -1.42. The highest BCUT2D eigenvalue weighted by molar-refractivity contribution is 5.27. The van der Waals surface area contributed by atoms with Gasteiger partial charge in [0.1, 0.15) is 5.75 Å². The molecule has 1 nitrogen and oxygen atoms in total. The van der Waals surface area contributed by atoms with Crippen LogP contribution >= 0.6 is 0 Å².